The number of esters is 1. The first kappa shape index (κ1) is 19.3. The first-order chi connectivity index (χ1) is 13.6. The third-order valence-corrected chi connectivity index (χ3v) is 3.87. The van der Waals surface area contributed by atoms with Crippen molar-refractivity contribution in [1.29, 1.82) is 0 Å². The number of para-hydroxylation sites is 2. The van der Waals surface area contributed by atoms with E-state index in [1.54, 1.807) is 37.4 Å². The minimum absolute atomic E-state index is 0.243. The number of rotatable bonds is 8. The quantitative estimate of drug-likeness (QED) is 0.688. The molecule has 148 valence electrons. The molecule has 1 atom stereocenters. The molecule has 0 radical (unpaired) electrons. The monoisotopic (exact) mass is 387 g/mol. The predicted molar refractivity (Wildman–Crippen MR) is 98.8 cm³/mol. The summed E-state index contributed by atoms with van der Waals surface area (Å²) < 4.78 is 26.5. The van der Waals surface area contributed by atoms with E-state index in [4.69, 9.17) is 23.7 Å². The number of ether oxygens (including phenoxy) is 5. The van der Waals surface area contributed by atoms with E-state index in [1.807, 2.05) is 18.2 Å². The average molecular weight is 387 g/mol. The number of amides is 1. The highest BCUT2D eigenvalue weighted by Gasteiger charge is 2.21. The summed E-state index contributed by atoms with van der Waals surface area (Å²) in [6, 6.07) is 14.1. The van der Waals surface area contributed by atoms with Gasteiger partial charge in [0.05, 0.1) is 13.7 Å². The molecule has 8 heteroatoms. The van der Waals surface area contributed by atoms with Gasteiger partial charge in [-0.3, -0.25) is 4.79 Å². The van der Waals surface area contributed by atoms with Crippen LogP contribution < -0.4 is 24.3 Å². The molecular formula is C20H21NO7. The lowest BCUT2D eigenvalue weighted by molar-refractivity contribution is -0.150. The van der Waals surface area contributed by atoms with Gasteiger partial charge >= 0.3 is 5.97 Å². The Balaban J connectivity index is 1.32. The van der Waals surface area contributed by atoms with Crippen molar-refractivity contribution in [3.63, 3.8) is 0 Å². The first-order valence-corrected chi connectivity index (χ1v) is 8.71. The minimum atomic E-state index is -0.642. The van der Waals surface area contributed by atoms with Crippen LogP contribution in [0.25, 0.3) is 0 Å². The molecule has 0 unspecified atom stereocenters. The van der Waals surface area contributed by atoms with Crippen LogP contribution in [-0.2, 0) is 14.3 Å². The topological polar surface area (TPSA) is 92.3 Å². The maximum absolute atomic E-state index is 11.8. The molecule has 1 amide bonds. The molecule has 1 heterocycles. The number of carbonyl (C=O) groups excluding carboxylic acids is 2. The molecule has 2 aromatic rings. The molecule has 1 aliphatic heterocycles. The van der Waals surface area contributed by atoms with Gasteiger partial charge in [0.25, 0.3) is 5.91 Å². The molecule has 0 spiro atoms. The smallest absolute Gasteiger partial charge is 0.344 e. The molecule has 2 aromatic carbocycles. The van der Waals surface area contributed by atoms with E-state index in [2.05, 4.69) is 5.32 Å². The van der Waals surface area contributed by atoms with Gasteiger partial charge < -0.3 is 29.0 Å². The van der Waals surface area contributed by atoms with Crippen LogP contribution in [0.2, 0.25) is 0 Å². The van der Waals surface area contributed by atoms with Crippen LogP contribution in [0, 0.1) is 0 Å². The van der Waals surface area contributed by atoms with Gasteiger partial charge in [-0.2, -0.15) is 0 Å². The highest BCUT2D eigenvalue weighted by Crippen LogP contribution is 2.30. The molecule has 0 aromatic heterocycles. The second-order valence-corrected chi connectivity index (χ2v) is 5.93. The summed E-state index contributed by atoms with van der Waals surface area (Å²) >= 11 is 0. The Morgan fingerprint density at radius 3 is 2.50 bits per heavy atom. The Hall–Kier alpha value is -3.42. The fourth-order valence-electron chi connectivity index (χ4n) is 2.44. The normalized spacial score (nSPS) is 14.7. The van der Waals surface area contributed by atoms with Crippen LogP contribution >= 0.6 is 0 Å². The van der Waals surface area contributed by atoms with Crippen LogP contribution in [0.5, 0.6) is 23.0 Å². The second-order valence-electron chi connectivity index (χ2n) is 5.93. The van der Waals surface area contributed by atoms with Gasteiger partial charge in [0.2, 0.25) is 0 Å². The third kappa shape index (κ3) is 5.54. The lowest BCUT2D eigenvalue weighted by atomic mass is 10.2. The lowest BCUT2D eigenvalue weighted by Crippen LogP contribution is -2.42. The van der Waals surface area contributed by atoms with E-state index in [1.165, 1.54) is 0 Å². The minimum Gasteiger partial charge on any atom is -0.497 e. The van der Waals surface area contributed by atoms with Crippen molar-refractivity contribution >= 4 is 11.9 Å². The molecule has 0 bridgehead atoms. The fourth-order valence-corrected chi connectivity index (χ4v) is 2.44. The van der Waals surface area contributed by atoms with Crippen molar-refractivity contribution in [2.75, 3.05) is 33.5 Å². The maximum Gasteiger partial charge on any atom is 0.344 e. The number of benzene rings is 2. The summed E-state index contributed by atoms with van der Waals surface area (Å²) in [6.45, 7) is -0.120. The summed E-state index contributed by atoms with van der Waals surface area (Å²) in [4.78, 5) is 23.5. The van der Waals surface area contributed by atoms with Crippen LogP contribution in [0.3, 0.4) is 0 Å². The van der Waals surface area contributed by atoms with Gasteiger partial charge in [-0.25, -0.2) is 4.79 Å². The molecule has 28 heavy (non-hydrogen) atoms. The van der Waals surface area contributed by atoms with Gasteiger partial charge in [-0.15, -0.1) is 0 Å². The van der Waals surface area contributed by atoms with E-state index in [9.17, 15) is 9.59 Å². The molecular weight excluding hydrogens is 366 g/mol. The van der Waals surface area contributed by atoms with Crippen LogP contribution in [-0.4, -0.2) is 51.5 Å². The lowest BCUT2D eigenvalue weighted by Gasteiger charge is -2.26. The zero-order valence-electron chi connectivity index (χ0n) is 15.4. The van der Waals surface area contributed by atoms with Gasteiger partial charge in [0, 0.05) is 0 Å². The number of hydrogen-bond acceptors (Lipinski definition) is 7. The highest BCUT2D eigenvalue weighted by molar-refractivity contribution is 5.80. The Morgan fingerprint density at radius 1 is 1.04 bits per heavy atom. The molecule has 0 aliphatic carbocycles. The molecule has 3 rings (SSSR count). The first-order valence-electron chi connectivity index (χ1n) is 8.71. The fraction of sp³-hybridized carbons (Fsp3) is 0.300. The van der Waals surface area contributed by atoms with E-state index in [-0.39, 0.29) is 19.3 Å². The summed E-state index contributed by atoms with van der Waals surface area (Å²) in [5, 5.41) is 2.65. The Bertz CT molecular complexity index is 806. The van der Waals surface area contributed by atoms with E-state index < -0.39 is 18.5 Å². The molecule has 1 aliphatic rings. The molecule has 1 N–H and O–H groups in total. The number of carbonyl (C=O) groups is 2. The van der Waals surface area contributed by atoms with E-state index >= 15 is 0 Å². The molecule has 0 saturated heterocycles. The van der Waals surface area contributed by atoms with Crippen molar-refractivity contribution in [2.45, 2.75) is 6.10 Å². The highest BCUT2D eigenvalue weighted by atomic mass is 16.6. The van der Waals surface area contributed by atoms with E-state index in [0.29, 0.717) is 29.6 Å². The summed E-state index contributed by atoms with van der Waals surface area (Å²) in [5.41, 5.74) is 0. The van der Waals surface area contributed by atoms with Crippen molar-refractivity contribution in [1.82, 2.24) is 5.32 Å². The molecule has 0 fully saturated rings. The Kier molecular flexibility index (Phi) is 6.56. The third-order valence-electron chi connectivity index (χ3n) is 3.87. The van der Waals surface area contributed by atoms with Crippen LogP contribution in [0.1, 0.15) is 0 Å². The van der Waals surface area contributed by atoms with Gasteiger partial charge in [-0.1, -0.05) is 12.1 Å². The van der Waals surface area contributed by atoms with Crippen LogP contribution in [0.4, 0.5) is 0 Å². The van der Waals surface area contributed by atoms with Crippen LogP contribution in [0.15, 0.2) is 48.5 Å². The summed E-state index contributed by atoms with van der Waals surface area (Å²) in [6.07, 6.45) is -0.312. The second kappa shape index (κ2) is 9.50. The molecule has 0 saturated carbocycles. The van der Waals surface area contributed by atoms with Crippen molar-refractivity contribution in [2.24, 2.45) is 0 Å². The SMILES string of the molecule is COc1ccc(OCC(=O)OCC(=O)NC[C@@H]2COc3ccccc3O2)cc1. The van der Waals surface area contributed by atoms with Crippen molar-refractivity contribution in [3.8, 4) is 23.0 Å². The Morgan fingerprint density at radius 2 is 1.75 bits per heavy atom. The summed E-state index contributed by atoms with van der Waals surface area (Å²) in [5.74, 6) is 1.42. The number of fused-ring (bicyclic) bond motifs is 1. The largest absolute Gasteiger partial charge is 0.497 e. The number of nitrogens with one attached hydrogen (secondary N) is 1. The Labute approximate surface area is 162 Å². The standard InChI is InChI=1S/C20H21NO7/c1-24-14-6-8-15(9-7-14)25-13-20(23)27-12-19(22)21-10-16-11-26-17-4-2-3-5-18(17)28-16/h2-9,16H,10-13H2,1H3,(H,21,22)/t16-/m1/s1. The zero-order valence-corrected chi connectivity index (χ0v) is 15.4. The molecule has 8 nitrogen and oxygen atoms in total. The average Bonchev–Trinajstić information content (AvgIpc) is 2.75. The van der Waals surface area contributed by atoms with Gasteiger partial charge in [0.15, 0.2) is 24.7 Å². The predicted octanol–water partition coefficient (Wildman–Crippen LogP) is 1.57. The van der Waals surface area contributed by atoms with Crippen molar-refractivity contribution in [3.05, 3.63) is 48.5 Å². The maximum atomic E-state index is 11.8. The summed E-state index contributed by atoms with van der Waals surface area (Å²) in [7, 11) is 1.56. The number of hydrogen-bond donors (Lipinski definition) is 1. The number of methoxy groups -OCH3 is 1. The zero-order chi connectivity index (χ0) is 19.8. The van der Waals surface area contributed by atoms with Crippen molar-refractivity contribution < 1.29 is 33.3 Å². The van der Waals surface area contributed by atoms with E-state index in [0.717, 1.165) is 0 Å². The van der Waals surface area contributed by atoms with Gasteiger partial charge in [-0.05, 0) is 36.4 Å². The van der Waals surface area contributed by atoms with Gasteiger partial charge in [0.1, 0.15) is 24.2 Å².